The Morgan fingerprint density at radius 3 is 2.24 bits per heavy atom. The maximum atomic E-state index is 13.2. The van der Waals surface area contributed by atoms with Crippen LogP contribution in [0.25, 0.3) is 0 Å². The van der Waals surface area contributed by atoms with Crippen molar-refractivity contribution >= 4 is 11.8 Å². The highest BCUT2D eigenvalue weighted by Gasteiger charge is 2.28. The lowest BCUT2D eigenvalue weighted by Gasteiger charge is -2.32. The van der Waals surface area contributed by atoms with Crippen LogP contribution in [0.5, 0.6) is 5.75 Å². The van der Waals surface area contributed by atoms with E-state index in [0.717, 1.165) is 22.4 Å². The highest BCUT2D eigenvalue weighted by Crippen LogP contribution is 2.17. The third kappa shape index (κ3) is 6.63. The maximum absolute atomic E-state index is 13.2. The van der Waals surface area contributed by atoms with Crippen LogP contribution in [-0.2, 0) is 22.6 Å². The average molecular weight is 397 g/mol. The molecule has 0 radical (unpaired) electrons. The first kappa shape index (κ1) is 22.5. The summed E-state index contributed by atoms with van der Waals surface area (Å²) in [6.07, 6.45) is 0.225. The van der Waals surface area contributed by atoms with Gasteiger partial charge in [-0.25, -0.2) is 0 Å². The van der Waals surface area contributed by atoms with Gasteiger partial charge in [0, 0.05) is 12.1 Å². The lowest BCUT2D eigenvalue weighted by atomic mass is 10.0. The molecule has 5 heteroatoms. The summed E-state index contributed by atoms with van der Waals surface area (Å²) in [5, 5.41) is 2.98. The van der Waals surface area contributed by atoms with E-state index in [4.69, 9.17) is 4.74 Å². The number of nitrogens with zero attached hydrogens (tertiary/aromatic N) is 1. The van der Waals surface area contributed by atoms with Crippen molar-refractivity contribution in [1.29, 1.82) is 0 Å². The summed E-state index contributed by atoms with van der Waals surface area (Å²) in [6, 6.07) is 14.8. The van der Waals surface area contributed by atoms with Gasteiger partial charge in [0.05, 0.1) is 13.5 Å². The molecule has 2 aromatic carbocycles. The molecular weight excluding hydrogens is 364 g/mol. The molecule has 1 atom stereocenters. The molecule has 0 saturated carbocycles. The molecule has 0 aliphatic heterocycles. The zero-order valence-corrected chi connectivity index (χ0v) is 18.3. The van der Waals surface area contributed by atoms with E-state index in [0.29, 0.717) is 6.54 Å². The minimum atomic E-state index is -0.584. The highest BCUT2D eigenvalue weighted by atomic mass is 16.5. The fourth-order valence-corrected chi connectivity index (χ4v) is 3.05. The molecule has 2 amide bonds. The van der Waals surface area contributed by atoms with E-state index in [1.54, 1.807) is 18.9 Å². The van der Waals surface area contributed by atoms with Gasteiger partial charge in [-0.3, -0.25) is 9.59 Å². The normalized spacial score (nSPS) is 12.2. The van der Waals surface area contributed by atoms with Gasteiger partial charge in [0.2, 0.25) is 11.8 Å². The number of carbonyl (C=O) groups is 2. The fraction of sp³-hybridized carbons (Fsp3) is 0.417. The van der Waals surface area contributed by atoms with Gasteiger partial charge in [0.15, 0.2) is 0 Å². The van der Waals surface area contributed by atoms with Crippen LogP contribution in [0.15, 0.2) is 48.5 Å². The number of methoxy groups -OCH3 is 1. The van der Waals surface area contributed by atoms with E-state index < -0.39 is 6.04 Å². The van der Waals surface area contributed by atoms with Crippen LogP contribution < -0.4 is 10.1 Å². The summed E-state index contributed by atoms with van der Waals surface area (Å²) in [4.78, 5) is 27.7. The van der Waals surface area contributed by atoms with Crippen LogP contribution in [-0.4, -0.2) is 35.4 Å². The zero-order chi connectivity index (χ0) is 21.6. The molecule has 0 saturated heterocycles. The molecule has 0 unspecified atom stereocenters. The van der Waals surface area contributed by atoms with Crippen molar-refractivity contribution in [3.05, 3.63) is 65.2 Å². The molecule has 0 fully saturated rings. The fourth-order valence-electron chi connectivity index (χ4n) is 3.05. The Balaban J connectivity index is 2.25. The molecule has 5 nitrogen and oxygen atoms in total. The first-order chi connectivity index (χ1) is 13.6. The molecule has 0 spiro atoms. The quantitative estimate of drug-likeness (QED) is 0.773. The summed E-state index contributed by atoms with van der Waals surface area (Å²) in [7, 11) is 1.61. The third-order valence-electron chi connectivity index (χ3n) is 4.78. The lowest BCUT2D eigenvalue weighted by molar-refractivity contribution is -0.140. The van der Waals surface area contributed by atoms with Gasteiger partial charge in [-0.15, -0.1) is 0 Å². The van der Waals surface area contributed by atoms with Gasteiger partial charge >= 0.3 is 0 Å². The van der Waals surface area contributed by atoms with Crippen LogP contribution in [0.3, 0.4) is 0 Å². The number of carbonyl (C=O) groups excluding carboxylic acids is 2. The molecule has 0 heterocycles. The van der Waals surface area contributed by atoms with Crippen LogP contribution in [0, 0.1) is 6.92 Å². The van der Waals surface area contributed by atoms with Crippen LogP contribution in [0.4, 0.5) is 0 Å². The second kappa shape index (κ2) is 9.59. The molecule has 0 bridgehead atoms. The first-order valence-corrected chi connectivity index (χ1v) is 9.89. The van der Waals surface area contributed by atoms with E-state index in [-0.39, 0.29) is 23.8 Å². The largest absolute Gasteiger partial charge is 0.497 e. The van der Waals surface area contributed by atoms with Crippen molar-refractivity contribution in [3.63, 3.8) is 0 Å². The molecule has 29 heavy (non-hydrogen) atoms. The minimum absolute atomic E-state index is 0.0880. The smallest absolute Gasteiger partial charge is 0.242 e. The molecular formula is C24H32N2O3. The SMILES string of the molecule is COc1ccc(CC(=O)N(Cc2ccccc2C)[C@@H](C)C(=O)NC(C)(C)C)cc1. The number of nitrogens with one attached hydrogen (secondary N) is 1. The number of ether oxygens (including phenoxy) is 1. The van der Waals surface area contributed by atoms with Crippen LogP contribution in [0.2, 0.25) is 0 Å². The average Bonchev–Trinajstić information content (AvgIpc) is 2.66. The number of aryl methyl sites for hydroxylation is 1. The molecule has 156 valence electrons. The Bertz CT molecular complexity index is 838. The molecule has 2 rings (SSSR count). The van der Waals surface area contributed by atoms with Gasteiger partial charge in [-0.2, -0.15) is 0 Å². The number of benzene rings is 2. The van der Waals surface area contributed by atoms with Crippen LogP contribution in [0.1, 0.15) is 44.4 Å². The van der Waals surface area contributed by atoms with Crippen molar-refractivity contribution in [2.45, 2.75) is 59.2 Å². The van der Waals surface area contributed by atoms with E-state index in [1.807, 2.05) is 76.2 Å². The predicted molar refractivity (Wildman–Crippen MR) is 116 cm³/mol. The summed E-state index contributed by atoms with van der Waals surface area (Å²) in [5.74, 6) is 0.500. The van der Waals surface area contributed by atoms with Gasteiger partial charge in [-0.05, 0) is 63.4 Å². The first-order valence-electron chi connectivity index (χ1n) is 9.89. The third-order valence-corrected chi connectivity index (χ3v) is 4.78. The zero-order valence-electron chi connectivity index (χ0n) is 18.3. The van der Waals surface area contributed by atoms with Crippen LogP contribution >= 0.6 is 0 Å². The molecule has 0 aliphatic carbocycles. The lowest BCUT2D eigenvalue weighted by Crippen LogP contribution is -2.52. The number of hydrogen-bond donors (Lipinski definition) is 1. The second-order valence-corrected chi connectivity index (χ2v) is 8.39. The monoisotopic (exact) mass is 396 g/mol. The Kier molecular flexibility index (Phi) is 7.43. The Hall–Kier alpha value is -2.82. The molecule has 1 N–H and O–H groups in total. The Labute approximate surface area is 174 Å². The summed E-state index contributed by atoms with van der Waals surface area (Å²) in [5.41, 5.74) is 2.65. The standard InChI is InChI=1S/C24H32N2O3/c1-17-9-7-8-10-20(17)16-26(18(2)23(28)25-24(3,4)5)22(27)15-19-11-13-21(29-6)14-12-19/h7-14,18H,15-16H2,1-6H3,(H,25,28)/t18-/m0/s1. The maximum Gasteiger partial charge on any atom is 0.242 e. The minimum Gasteiger partial charge on any atom is -0.497 e. The van der Waals surface area contributed by atoms with Crippen molar-refractivity contribution in [1.82, 2.24) is 10.2 Å². The summed E-state index contributed by atoms with van der Waals surface area (Å²) >= 11 is 0. The van der Waals surface area contributed by atoms with E-state index in [1.165, 1.54) is 0 Å². The predicted octanol–water partition coefficient (Wildman–Crippen LogP) is 3.88. The molecule has 0 aliphatic rings. The topological polar surface area (TPSA) is 58.6 Å². The van der Waals surface area contributed by atoms with Gasteiger partial charge in [0.25, 0.3) is 0 Å². The Morgan fingerprint density at radius 2 is 1.69 bits per heavy atom. The van der Waals surface area contributed by atoms with Crippen molar-refractivity contribution in [2.75, 3.05) is 7.11 Å². The number of rotatable bonds is 7. The van der Waals surface area contributed by atoms with Crippen molar-refractivity contribution in [2.24, 2.45) is 0 Å². The van der Waals surface area contributed by atoms with Crippen molar-refractivity contribution in [3.8, 4) is 5.75 Å². The van der Waals surface area contributed by atoms with E-state index >= 15 is 0 Å². The van der Waals surface area contributed by atoms with E-state index in [2.05, 4.69) is 5.32 Å². The summed E-state index contributed by atoms with van der Waals surface area (Å²) in [6.45, 7) is 9.99. The Morgan fingerprint density at radius 1 is 1.07 bits per heavy atom. The van der Waals surface area contributed by atoms with E-state index in [9.17, 15) is 9.59 Å². The molecule has 0 aromatic heterocycles. The number of amides is 2. The van der Waals surface area contributed by atoms with Gasteiger partial charge in [-0.1, -0.05) is 36.4 Å². The van der Waals surface area contributed by atoms with Gasteiger partial charge in [0.1, 0.15) is 11.8 Å². The number of hydrogen-bond acceptors (Lipinski definition) is 3. The molecule has 2 aromatic rings. The van der Waals surface area contributed by atoms with Gasteiger partial charge < -0.3 is 15.0 Å². The van der Waals surface area contributed by atoms with Crippen molar-refractivity contribution < 1.29 is 14.3 Å². The summed E-state index contributed by atoms with van der Waals surface area (Å²) < 4.78 is 5.18. The second-order valence-electron chi connectivity index (χ2n) is 8.39. The highest BCUT2D eigenvalue weighted by molar-refractivity contribution is 5.88.